The molecule has 12 aromatic rings. The number of hydrogen-bond acceptors (Lipinski definition) is 21. The van der Waals surface area contributed by atoms with E-state index in [1.54, 1.807) is 31.9 Å². The summed E-state index contributed by atoms with van der Waals surface area (Å²) >= 11 is 0. The Morgan fingerprint density at radius 3 is 0.991 bits per heavy atom. The quantitative estimate of drug-likeness (QED) is 0.112. The molecule has 0 amide bonds. The van der Waals surface area contributed by atoms with E-state index in [9.17, 15) is 0 Å². The van der Waals surface area contributed by atoms with Crippen LogP contribution >= 0.6 is 0 Å². The summed E-state index contributed by atoms with van der Waals surface area (Å²) < 4.78 is 51.5. The SMILES string of the molecule is C1=C/COCc2cccc(c2)Nc2nccc(n2)-c2cccc(c2)OCC/1.C1=C/COc2cccc(c2)-c2ccnc(n2)Nc2cccc(c2)COC/1.C1=C\COc2cccc(c2)-c2ccnc(n2)Nc2cccc(c2)COC/1.COc1ccc2cc1COC/C=C/COCc1cccc(c1)Nc1nccc-2n1. The molecule has 0 fully saturated rings. The lowest BCUT2D eigenvalue weighted by Gasteiger charge is -2.12. The molecule has 0 radical (unpaired) electrons. The minimum absolute atomic E-state index is 0.447. The summed E-state index contributed by atoms with van der Waals surface area (Å²) in [7, 11) is 1.66. The van der Waals surface area contributed by atoms with Gasteiger partial charge in [0.2, 0.25) is 23.8 Å². The summed E-state index contributed by atoms with van der Waals surface area (Å²) in [6.07, 6.45) is 23.8. The van der Waals surface area contributed by atoms with Gasteiger partial charge in [0.05, 0.1) is 103 Å². The first kappa shape index (κ1) is 73.5. The van der Waals surface area contributed by atoms with E-state index in [2.05, 4.69) is 73.3 Å². The van der Waals surface area contributed by atoms with Crippen molar-refractivity contribution in [2.24, 2.45) is 0 Å². The Labute approximate surface area is 628 Å². The standard InChI is InChI=1S/C23H23N3O3.C22H21N3O2.2C21H19N3O2/c1-27-22-8-7-18-14-19(22)16-29-12-3-2-11-28-15-17-5-4-6-20(13-17)25-23-24-10-9-21(18)26-23;1-2-12-26-16-17-6-4-8-19(14-17)24-22-23-11-10-21(25-22)18-7-5-9-20(15-18)27-13-3-1;2*1-2-12-26-19-8-4-6-17(14-19)20-9-10-22-21(24-20)23-18-7-3-5-16(13-18)15-25-11-1/h2-10,13-14H,11-12,15-16H2,1H3,(H,24,25,26);1-2,4-11,14-15H,3,12-13,16H2,(H,23,24,25);2*1-10,13-14H,11-12,15H2,(H,22,23,24)/b3-2+;2*2-1+;2-1-. The van der Waals surface area contributed by atoms with E-state index in [1.165, 1.54) is 0 Å². The Balaban J connectivity index is 0.000000127. The van der Waals surface area contributed by atoms with Crippen molar-refractivity contribution in [1.82, 2.24) is 39.9 Å². The van der Waals surface area contributed by atoms with Crippen molar-refractivity contribution in [2.75, 3.05) is 81.2 Å². The second kappa shape index (κ2) is 39.4. The zero-order valence-corrected chi connectivity index (χ0v) is 59.8. The molecule has 4 aliphatic heterocycles. The maximum atomic E-state index is 5.85. The van der Waals surface area contributed by atoms with Gasteiger partial charge in [0.25, 0.3) is 0 Å². The maximum Gasteiger partial charge on any atom is 0.227 e. The number of hydrogen-bond donors (Lipinski definition) is 4. The van der Waals surface area contributed by atoms with E-state index in [-0.39, 0.29) is 0 Å². The van der Waals surface area contributed by atoms with Gasteiger partial charge in [-0.25, -0.2) is 39.9 Å². The Hall–Kier alpha value is -12.8. The molecule has 4 aliphatic rings. The van der Waals surface area contributed by atoms with Crippen LogP contribution in [0.5, 0.6) is 23.0 Å². The molecule has 0 aliphatic carbocycles. The number of ether oxygens (including phenoxy) is 9. The van der Waals surface area contributed by atoms with Crippen molar-refractivity contribution in [2.45, 2.75) is 39.5 Å². The lowest BCUT2D eigenvalue weighted by atomic mass is 10.1. The van der Waals surface area contributed by atoms with Gasteiger partial charge in [-0.3, -0.25) is 0 Å². The molecule has 544 valence electrons. The van der Waals surface area contributed by atoms with Crippen LogP contribution < -0.4 is 40.2 Å². The molecule has 4 aromatic heterocycles. The van der Waals surface area contributed by atoms with Gasteiger partial charge in [0, 0.05) is 75.4 Å². The number of nitrogens with one attached hydrogen (secondary N) is 4. The lowest BCUT2D eigenvalue weighted by Crippen LogP contribution is -2.01. The van der Waals surface area contributed by atoms with Crippen LogP contribution in [0.1, 0.15) is 34.2 Å². The van der Waals surface area contributed by atoms with Crippen molar-refractivity contribution >= 4 is 46.5 Å². The average molecular weight is 1440 g/mol. The predicted molar refractivity (Wildman–Crippen MR) is 421 cm³/mol. The van der Waals surface area contributed by atoms with Crippen LogP contribution in [0, 0.1) is 0 Å². The van der Waals surface area contributed by atoms with Gasteiger partial charge in [-0.2, -0.15) is 0 Å². The molecular formula is C87H82N12O9. The third-order valence-electron chi connectivity index (χ3n) is 16.6. The number of rotatable bonds is 1. The van der Waals surface area contributed by atoms with E-state index in [1.807, 2.05) is 249 Å². The molecule has 8 heterocycles. The minimum Gasteiger partial charge on any atom is -0.496 e. The molecule has 0 atom stereocenters. The summed E-state index contributed by atoms with van der Waals surface area (Å²) in [6, 6.07) is 69.6. The number of fused-ring (bicyclic) bond motifs is 28. The van der Waals surface area contributed by atoms with Crippen molar-refractivity contribution in [3.8, 4) is 68.0 Å². The van der Waals surface area contributed by atoms with E-state index < -0.39 is 0 Å². The third kappa shape index (κ3) is 22.9. The Morgan fingerprint density at radius 2 is 0.620 bits per heavy atom. The van der Waals surface area contributed by atoms with Gasteiger partial charge in [0.15, 0.2) is 0 Å². The Kier molecular flexibility index (Phi) is 26.8. The largest absolute Gasteiger partial charge is 0.496 e. The highest BCUT2D eigenvalue weighted by Crippen LogP contribution is 2.31. The first-order chi connectivity index (χ1) is 53.4. The molecular weight excluding hydrogens is 1360 g/mol. The van der Waals surface area contributed by atoms with Gasteiger partial charge in [-0.15, -0.1) is 0 Å². The predicted octanol–water partition coefficient (Wildman–Crippen LogP) is 17.9. The zero-order chi connectivity index (χ0) is 73.4. The van der Waals surface area contributed by atoms with Crippen LogP contribution in [-0.2, 0) is 56.7 Å². The monoisotopic (exact) mass is 1440 g/mol. The molecule has 16 rings (SSSR count). The van der Waals surface area contributed by atoms with E-state index in [0.29, 0.717) is 110 Å². The normalized spacial score (nSPS) is 15.4. The van der Waals surface area contributed by atoms with Crippen molar-refractivity contribution in [1.29, 1.82) is 0 Å². The van der Waals surface area contributed by atoms with Gasteiger partial charge in [-0.1, -0.05) is 121 Å². The average Bonchev–Trinajstić information content (AvgIpc) is 0.863. The number of nitrogens with zero attached hydrogens (tertiary/aromatic N) is 8. The Bertz CT molecular complexity index is 4880. The number of benzene rings is 8. The zero-order valence-electron chi connectivity index (χ0n) is 59.8. The van der Waals surface area contributed by atoms with Gasteiger partial charge in [-0.05, 0) is 168 Å². The fourth-order valence-corrected chi connectivity index (χ4v) is 11.4. The summed E-state index contributed by atoms with van der Waals surface area (Å²) in [5, 5.41) is 13.1. The lowest BCUT2D eigenvalue weighted by molar-refractivity contribution is 0.139. The van der Waals surface area contributed by atoms with E-state index in [4.69, 9.17) is 42.6 Å². The molecule has 0 spiro atoms. The van der Waals surface area contributed by atoms with Crippen molar-refractivity contribution in [3.63, 3.8) is 0 Å². The van der Waals surface area contributed by atoms with Gasteiger partial charge < -0.3 is 63.9 Å². The second-order valence-corrected chi connectivity index (χ2v) is 24.7. The first-order valence-electron chi connectivity index (χ1n) is 35.5. The topological polar surface area (TPSA) is 234 Å². The highest BCUT2D eigenvalue weighted by molar-refractivity contribution is 5.68. The fraction of sp³-hybridized carbons (Fsp3) is 0.172. The number of aromatic nitrogens is 8. The molecule has 21 heteroatoms. The summed E-state index contributed by atoms with van der Waals surface area (Å²) in [5.41, 5.74) is 16.3. The highest BCUT2D eigenvalue weighted by Gasteiger charge is 2.13. The van der Waals surface area contributed by atoms with Crippen LogP contribution in [0.2, 0.25) is 0 Å². The molecule has 21 nitrogen and oxygen atoms in total. The molecule has 8 aromatic carbocycles. The molecule has 0 saturated heterocycles. The van der Waals surface area contributed by atoms with Crippen molar-refractivity contribution < 1.29 is 42.6 Å². The van der Waals surface area contributed by atoms with Gasteiger partial charge in [0.1, 0.15) is 36.2 Å². The van der Waals surface area contributed by atoms with Crippen LogP contribution in [0.25, 0.3) is 45.0 Å². The van der Waals surface area contributed by atoms with Crippen LogP contribution in [0.4, 0.5) is 46.5 Å². The van der Waals surface area contributed by atoms with Crippen LogP contribution in [0.15, 0.2) is 286 Å². The highest BCUT2D eigenvalue weighted by atomic mass is 16.5. The molecule has 4 N–H and O–H groups in total. The van der Waals surface area contributed by atoms with Crippen molar-refractivity contribution in [3.05, 3.63) is 314 Å². The van der Waals surface area contributed by atoms with E-state index >= 15 is 0 Å². The van der Waals surface area contributed by atoms with Gasteiger partial charge >= 0.3 is 0 Å². The smallest absolute Gasteiger partial charge is 0.227 e. The molecule has 0 saturated carbocycles. The van der Waals surface area contributed by atoms with E-state index in [0.717, 1.165) is 125 Å². The summed E-state index contributed by atoms with van der Waals surface area (Å²) in [5.74, 6) is 5.43. The molecule has 108 heavy (non-hydrogen) atoms. The number of methoxy groups -OCH3 is 1. The summed E-state index contributed by atoms with van der Waals surface area (Å²) in [6.45, 7) is 6.96. The third-order valence-corrected chi connectivity index (χ3v) is 16.6. The molecule has 24 bridgehead atoms. The first-order valence-corrected chi connectivity index (χ1v) is 35.5. The second-order valence-electron chi connectivity index (χ2n) is 24.7. The fourth-order valence-electron chi connectivity index (χ4n) is 11.4. The Morgan fingerprint density at radius 1 is 0.296 bits per heavy atom. The maximum absolute atomic E-state index is 5.85. The minimum atomic E-state index is 0.447. The van der Waals surface area contributed by atoms with Crippen LogP contribution in [0.3, 0.4) is 0 Å². The van der Waals surface area contributed by atoms with Crippen LogP contribution in [-0.4, -0.2) is 99.8 Å². The molecule has 0 unspecified atom stereocenters. The summed E-state index contributed by atoms with van der Waals surface area (Å²) in [4.78, 5) is 35.9. The number of anilines is 8.